The van der Waals surface area contributed by atoms with Crippen LogP contribution in [0, 0.1) is 5.92 Å². The third kappa shape index (κ3) is 4.03. The Balaban J connectivity index is 1.88. The summed E-state index contributed by atoms with van der Waals surface area (Å²) >= 11 is 1.50. The second kappa shape index (κ2) is 8.34. The van der Waals surface area contributed by atoms with E-state index in [1.165, 1.54) is 36.0 Å². The van der Waals surface area contributed by atoms with Gasteiger partial charge in [0.05, 0.1) is 7.11 Å². The summed E-state index contributed by atoms with van der Waals surface area (Å²) < 4.78 is 7.21. The molecule has 1 aliphatic carbocycles. The van der Waals surface area contributed by atoms with Gasteiger partial charge in [0.2, 0.25) is 0 Å². The van der Waals surface area contributed by atoms with E-state index in [4.69, 9.17) is 4.74 Å². The van der Waals surface area contributed by atoms with Gasteiger partial charge in [-0.2, -0.15) is 0 Å². The summed E-state index contributed by atoms with van der Waals surface area (Å²) in [5, 5.41) is 0. The molecule has 2 aromatic heterocycles. The number of hydrogen-bond acceptors (Lipinski definition) is 3. The first-order valence-electron chi connectivity index (χ1n) is 10.0. The van der Waals surface area contributed by atoms with Crippen LogP contribution in [0.5, 0.6) is 0 Å². The van der Waals surface area contributed by atoms with Crippen molar-refractivity contribution >= 4 is 22.9 Å². The molecule has 0 saturated carbocycles. The Kier molecular flexibility index (Phi) is 5.63. The fourth-order valence-corrected chi connectivity index (χ4v) is 4.97. The quantitative estimate of drug-likeness (QED) is 0.400. The van der Waals surface area contributed by atoms with Gasteiger partial charge in [-0.3, -0.25) is 0 Å². The lowest BCUT2D eigenvalue weighted by Gasteiger charge is -2.19. The molecule has 148 valence electrons. The Bertz CT molecular complexity index is 1070. The number of esters is 1. The largest absolute Gasteiger partial charge is 0.465 e. The normalized spacial score (nSPS) is 16.4. The molecule has 2 heterocycles. The van der Waals surface area contributed by atoms with Crippen LogP contribution in [0.2, 0.25) is 0 Å². The molecule has 0 aliphatic heterocycles. The Morgan fingerprint density at radius 3 is 2.62 bits per heavy atom. The zero-order chi connectivity index (χ0) is 20.4. The number of methoxy groups -OCH3 is 1. The fraction of sp³-hybridized carbons (Fsp3) is 0.280. The number of allylic oxidation sites excluding steroid dienone is 2. The van der Waals surface area contributed by atoms with Gasteiger partial charge in [-0.25, -0.2) is 9.36 Å². The molecule has 0 spiro atoms. The van der Waals surface area contributed by atoms with Crippen LogP contribution >= 0.6 is 11.3 Å². The Hall–Kier alpha value is -2.72. The van der Waals surface area contributed by atoms with E-state index >= 15 is 0 Å². The lowest BCUT2D eigenvalue weighted by atomic mass is 9.85. The summed E-state index contributed by atoms with van der Waals surface area (Å²) in [6.07, 6.45) is 9.98. The van der Waals surface area contributed by atoms with Gasteiger partial charge in [0.15, 0.2) is 12.4 Å². The summed E-state index contributed by atoms with van der Waals surface area (Å²) in [6.45, 7) is 2.31. The van der Waals surface area contributed by atoms with Crippen molar-refractivity contribution in [3.8, 4) is 21.6 Å². The number of pyridine rings is 1. The maximum Gasteiger partial charge on any atom is 0.348 e. The summed E-state index contributed by atoms with van der Waals surface area (Å²) in [5.74, 6) is 0.453. The zero-order valence-corrected chi connectivity index (χ0v) is 18.0. The molecule has 0 fully saturated rings. The maximum absolute atomic E-state index is 12.6. The second-order valence-corrected chi connectivity index (χ2v) is 8.81. The topological polar surface area (TPSA) is 30.2 Å². The van der Waals surface area contributed by atoms with Crippen LogP contribution in [0.1, 0.15) is 41.4 Å². The summed E-state index contributed by atoms with van der Waals surface area (Å²) in [7, 11) is 3.49. The summed E-state index contributed by atoms with van der Waals surface area (Å²) in [5.41, 5.74) is 5.75. The van der Waals surface area contributed by atoms with E-state index in [0.29, 0.717) is 4.88 Å². The molecule has 3 nitrogen and oxygen atoms in total. The van der Waals surface area contributed by atoms with Crippen LogP contribution in [-0.4, -0.2) is 13.1 Å². The Morgan fingerprint density at radius 1 is 1.14 bits per heavy atom. The van der Waals surface area contributed by atoms with Gasteiger partial charge in [-0.1, -0.05) is 43.3 Å². The highest BCUT2D eigenvalue weighted by atomic mass is 32.1. The van der Waals surface area contributed by atoms with Crippen LogP contribution in [0.15, 0.2) is 60.9 Å². The third-order valence-electron chi connectivity index (χ3n) is 5.57. The van der Waals surface area contributed by atoms with Crippen molar-refractivity contribution in [2.45, 2.75) is 26.2 Å². The number of thiophene rings is 1. The molecule has 0 radical (unpaired) electrons. The molecule has 3 aromatic rings. The SMILES string of the molecule is COC(=O)c1sc(-c2ccccc2)cc1-c1cc[n+](C)cc1C1=CCC(C)CC1. The van der Waals surface area contributed by atoms with E-state index < -0.39 is 0 Å². The third-order valence-corrected chi connectivity index (χ3v) is 6.73. The first-order valence-corrected chi connectivity index (χ1v) is 10.8. The van der Waals surface area contributed by atoms with E-state index in [-0.39, 0.29) is 5.97 Å². The lowest BCUT2D eigenvalue weighted by Crippen LogP contribution is -2.27. The van der Waals surface area contributed by atoms with Crippen molar-refractivity contribution in [2.24, 2.45) is 13.0 Å². The summed E-state index contributed by atoms with van der Waals surface area (Å²) in [4.78, 5) is 14.4. The Labute approximate surface area is 176 Å². The predicted octanol–water partition coefficient (Wildman–Crippen LogP) is 5.90. The number of hydrogen-bond donors (Lipinski definition) is 0. The van der Waals surface area contributed by atoms with Crippen LogP contribution in [-0.2, 0) is 11.8 Å². The molecule has 29 heavy (non-hydrogen) atoms. The maximum atomic E-state index is 12.6. The van der Waals surface area contributed by atoms with Gasteiger partial charge in [0, 0.05) is 27.6 Å². The molecule has 0 bridgehead atoms. The average Bonchev–Trinajstić information content (AvgIpc) is 3.19. The molecular formula is C25H26NO2S+. The van der Waals surface area contributed by atoms with E-state index in [2.05, 4.69) is 48.0 Å². The van der Waals surface area contributed by atoms with Gasteiger partial charge in [0.25, 0.3) is 0 Å². The van der Waals surface area contributed by atoms with Gasteiger partial charge in [-0.05, 0) is 42.4 Å². The summed E-state index contributed by atoms with van der Waals surface area (Å²) in [6, 6.07) is 14.5. The number of ether oxygens (including phenoxy) is 1. The minimum Gasteiger partial charge on any atom is -0.465 e. The molecule has 0 N–H and O–H groups in total. The monoisotopic (exact) mass is 404 g/mol. The molecule has 1 aliphatic rings. The van der Waals surface area contributed by atoms with Crippen LogP contribution in [0.4, 0.5) is 0 Å². The molecule has 4 heteroatoms. The number of nitrogens with zero attached hydrogens (tertiary/aromatic N) is 1. The van der Waals surface area contributed by atoms with Crippen molar-refractivity contribution in [3.63, 3.8) is 0 Å². The van der Waals surface area contributed by atoms with Gasteiger partial charge < -0.3 is 4.74 Å². The minimum absolute atomic E-state index is 0.280. The number of carbonyl (C=O) groups excluding carboxylic acids is 1. The highest BCUT2D eigenvalue weighted by Gasteiger charge is 2.24. The van der Waals surface area contributed by atoms with Gasteiger partial charge in [0.1, 0.15) is 11.9 Å². The van der Waals surface area contributed by atoms with Crippen molar-refractivity contribution in [2.75, 3.05) is 7.11 Å². The van der Waals surface area contributed by atoms with Crippen LogP contribution in [0.25, 0.3) is 27.1 Å². The van der Waals surface area contributed by atoms with Crippen molar-refractivity contribution in [1.82, 2.24) is 0 Å². The van der Waals surface area contributed by atoms with E-state index in [1.807, 2.05) is 31.4 Å². The molecule has 1 unspecified atom stereocenters. The molecule has 4 rings (SSSR count). The minimum atomic E-state index is -0.280. The van der Waals surface area contributed by atoms with E-state index in [9.17, 15) is 4.79 Å². The smallest absolute Gasteiger partial charge is 0.348 e. The molecular weight excluding hydrogens is 378 g/mol. The van der Waals surface area contributed by atoms with E-state index in [1.54, 1.807) is 0 Å². The molecule has 1 atom stereocenters. The molecule has 1 aromatic carbocycles. The Morgan fingerprint density at radius 2 is 1.93 bits per heavy atom. The van der Waals surface area contributed by atoms with Gasteiger partial charge >= 0.3 is 5.97 Å². The van der Waals surface area contributed by atoms with Crippen molar-refractivity contribution < 1.29 is 14.1 Å². The number of aryl methyl sites for hydroxylation is 1. The first kappa shape index (κ1) is 19.6. The number of benzene rings is 1. The lowest BCUT2D eigenvalue weighted by molar-refractivity contribution is -0.671. The standard InChI is InChI=1S/C25H26NO2S/c1-17-9-11-18(12-10-17)22-16-26(2)14-13-20(22)21-15-23(19-7-5-4-6-8-19)29-24(21)25(27)28-3/h4-8,11,13-17H,9-10,12H2,1-3H3/q+1. The first-order chi connectivity index (χ1) is 14.1. The highest BCUT2D eigenvalue weighted by molar-refractivity contribution is 7.17. The second-order valence-electron chi connectivity index (χ2n) is 7.76. The average molecular weight is 405 g/mol. The van der Waals surface area contributed by atoms with Crippen molar-refractivity contribution in [3.05, 3.63) is 71.4 Å². The molecule has 0 saturated heterocycles. The fourth-order valence-electron chi connectivity index (χ4n) is 3.88. The van der Waals surface area contributed by atoms with E-state index in [0.717, 1.165) is 40.3 Å². The van der Waals surface area contributed by atoms with Crippen molar-refractivity contribution in [1.29, 1.82) is 0 Å². The predicted molar refractivity (Wildman–Crippen MR) is 119 cm³/mol. The highest BCUT2D eigenvalue weighted by Crippen LogP contribution is 2.41. The van der Waals surface area contributed by atoms with Crippen LogP contribution in [0.3, 0.4) is 0 Å². The van der Waals surface area contributed by atoms with Gasteiger partial charge in [-0.15, -0.1) is 11.3 Å². The molecule has 0 amide bonds. The number of aromatic nitrogens is 1. The zero-order valence-electron chi connectivity index (χ0n) is 17.1. The van der Waals surface area contributed by atoms with Crippen LogP contribution < -0.4 is 4.57 Å². The number of rotatable bonds is 4. The number of carbonyl (C=O) groups is 1.